The third-order valence-corrected chi connectivity index (χ3v) is 2.92. The Morgan fingerprint density at radius 3 is 2.76 bits per heavy atom. The molecular weight excluding hydrogens is 224 g/mol. The standard InChI is InChI=1S/C11H20N2O4/c1-11(2)16-8-6-15-7(9(8)17-11)5-12-10(14)13(3)4/h7-9H,5-6H2,1-4H3,(H,12,14)/t7-,8-,9-/m0/s1. The SMILES string of the molecule is CN(C)C(=O)NC[C@@H]1OC[C@@H]2OC(C)(C)O[C@@H]12. The first-order chi connectivity index (χ1) is 7.89. The number of amides is 2. The van der Waals surface area contributed by atoms with Crippen LogP contribution in [0.2, 0.25) is 0 Å². The Labute approximate surface area is 101 Å². The minimum absolute atomic E-state index is 0.0220. The molecule has 0 bridgehead atoms. The molecule has 0 aliphatic carbocycles. The highest BCUT2D eigenvalue weighted by molar-refractivity contribution is 5.73. The van der Waals surface area contributed by atoms with Crippen LogP contribution in [0.15, 0.2) is 0 Å². The molecule has 6 nitrogen and oxygen atoms in total. The summed E-state index contributed by atoms with van der Waals surface area (Å²) in [6.07, 6.45) is -0.246. The molecule has 0 unspecified atom stereocenters. The predicted molar refractivity (Wildman–Crippen MR) is 60.7 cm³/mol. The van der Waals surface area contributed by atoms with Crippen LogP contribution in [0.3, 0.4) is 0 Å². The van der Waals surface area contributed by atoms with Gasteiger partial charge in [-0.15, -0.1) is 0 Å². The molecule has 6 heteroatoms. The van der Waals surface area contributed by atoms with Crippen molar-refractivity contribution in [2.24, 2.45) is 0 Å². The zero-order valence-electron chi connectivity index (χ0n) is 10.7. The molecule has 2 saturated heterocycles. The zero-order chi connectivity index (χ0) is 12.6. The number of hydrogen-bond acceptors (Lipinski definition) is 4. The molecule has 17 heavy (non-hydrogen) atoms. The summed E-state index contributed by atoms with van der Waals surface area (Å²) in [4.78, 5) is 12.9. The maximum Gasteiger partial charge on any atom is 0.316 e. The Kier molecular flexibility index (Phi) is 3.29. The van der Waals surface area contributed by atoms with E-state index in [1.807, 2.05) is 13.8 Å². The van der Waals surface area contributed by atoms with Crippen molar-refractivity contribution in [3.05, 3.63) is 0 Å². The molecule has 0 aromatic carbocycles. The smallest absolute Gasteiger partial charge is 0.316 e. The molecule has 2 amide bonds. The third kappa shape index (κ3) is 2.70. The van der Waals surface area contributed by atoms with Crippen LogP contribution in [0.4, 0.5) is 4.79 Å². The van der Waals surface area contributed by atoms with Gasteiger partial charge in [0.1, 0.15) is 18.3 Å². The lowest BCUT2D eigenvalue weighted by Crippen LogP contribution is -2.43. The van der Waals surface area contributed by atoms with Crippen LogP contribution >= 0.6 is 0 Å². The van der Waals surface area contributed by atoms with Crippen LogP contribution in [0.5, 0.6) is 0 Å². The average molecular weight is 244 g/mol. The van der Waals surface area contributed by atoms with Gasteiger partial charge in [0.25, 0.3) is 0 Å². The highest BCUT2D eigenvalue weighted by Crippen LogP contribution is 2.34. The lowest BCUT2D eigenvalue weighted by atomic mass is 10.1. The minimum Gasteiger partial charge on any atom is -0.371 e. The lowest BCUT2D eigenvalue weighted by molar-refractivity contribution is -0.174. The number of rotatable bonds is 2. The first kappa shape index (κ1) is 12.6. The van der Waals surface area contributed by atoms with Gasteiger partial charge in [0, 0.05) is 20.6 Å². The van der Waals surface area contributed by atoms with Crippen LogP contribution < -0.4 is 5.32 Å². The molecule has 0 aromatic rings. The molecule has 0 spiro atoms. The normalized spacial score (nSPS) is 34.5. The van der Waals surface area contributed by atoms with Gasteiger partial charge < -0.3 is 24.4 Å². The summed E-state index contributed by atoms with van der Waals surface area (Å²) in [5.41, 5.74) is 0. The Hall–Kier alpha value is -0.850. The largest absolute Gasteiger partial charge is 0.371 e. The van der Waals surface area contributed by atoms with Crippen LogP contribution in [-0.2, 0) is 14.2 Å². The summed E-state index contributed by atoms with van der Waals surface area (Å²) in [6, 6.07) is -0.129. The van der Waals surface area contributed by atoms with Crippen LogP contribution in [0, 0.1) is 0 Å². The van der Waals surface area contributed by atoms with Crippen LogP contribution in [-0.4, -0.2) is 62.3 Å². The number of urea groups is 1. The number of carbonyl (C=O) groups is 1. The van der Waals surface area contributed by atoms with E-state index in [-0.39, 0.29) is 24.3 Å². The predicted octanol–water partition coefficient (Wildman–Crippen LogP) is 0.177. The average Bonchev–Trinajstić information content (AvgIpc) is 2.70. The second kappa shape index (κ2) is 4.44. The minimum atomic E-state index is -0.553. The summed E-state index contributed by atoms with van der Waals surface area (Å²) in [5.74, 6) is -0.553. The van der Waals surface area contributed by atoms with Gasteiger partial charge in [-0.25, -0.2) is 4.79 Å². The molecule has 2 aliphatic heterocycles. The van der Waals surface area contributed by atoms with Crippen molar-refractivity contribution in [2.45, 2.75) is 37.9 Å². The van der Waals surface area contributed by atoms with Gasteiger partial charge in [-0.1, -0.05) is 0 Å². The maximum absolute atomic E-state index is 11.4. The monoisotopic (exact) mass is 244 g/mol. The second-order valence-electron chi connectivity index (χ2n) is 5.09. The number of nitrogens with zero attached hydrogens (tertiary/aromatic N) is 1. The maximum atomic E-state index is 11.4. The van der Waals surface area contributed by atoms with Gasteiger partial charge in [-0.05, 0) is 13.8 Å². The van der Waals surface area contributed by atoms with E-state index in [1.165, 1.54) is 4.90 Å². The van der Waals surface area contributed by atoms with E-state index in [0.29, 0.717) is 13.2 Å². The van der Waals surface area contributed by atoms with Gasteiger partial charge >= 0.3 is 6.03 Å². The molecular formula is C11H20N2O4. The number of fused-ring (bicyclic) bond motifs is 1. The lowest BCUT2D eigenvalue weighted by Gasteiger charge is -2.22. The van der Waals surface area contributed by atoms with Gasteiger partial charge in [0.2, 0.25) is 0 Å². The van der Waals surface area contributed by atoms with Crippen molar-refractivity contribution in [1.82, 2.24) is 10.2 Å². The van der Waals surface area contributed by atoms with Gasteiger partial charge in [-0.3, -0.25) is 0 Å². The second-order valence-corrected chi connectivity index (χ2v) is 5.09. The molecule has 2 heterocycles. The van der Waals surface area contributed by atoms with E-state index >= 15 is 0 Å². The molecule has 0 saturated carbocycles. The van der Waals surface area contributed by atoms with Crippen molar-refractivity contribution in [2.75, 3.05) is 27.2 Å². The third-order valence-electron chi connectivity index (χ3n) is 2.92. The molecule has 2 fully saturated rings. The Bertz CT molecular complexity index is 306. The van der Waals surface area contributed by atoms with E-state index in [1.54, 1.807) is 14.1 Å². The van der Waals surface area contributed by atoms with Crippen LogP contribution in [0.1, 0.15) is 13.8 Å². The first-order valence-corrected chi connectivity index (χ1v) is 5.81. The quantitative estimate of drug-likeness (QED) is 0.752. The van der Waals surface area contributed by atoms with Crippen molar-refractivity contribution in [3.63, 3.8) is 0 Å². The van der Waals surface area contributed by atoms with Gasteiger partial charge in [-0.2, -0.15) is 0 Å². The van der Waals surface area contributed by atoms with Crippen molar-refractivity contribution in [1.29, 1.82) is 0 Å². The summed E-state index contributed by atoms with van der Waals surface area (Å²) >= 11 is 0. The molecule has 1 N–H and O–H groups in total. The first-order valence-electron chi connectivity index (χ1n) is 5.81. The molecule has 3 atom stereocenters. The number of carbonyl (C=O) groups excluding carboxylic acids is 1. The van der Waals surface area contributed by atoms with Crippen molar-refractivity contribution in [3.8, 4) is 0 Å². The Morgan fingerprint density at radius 1 is 1.41 bits per heavy atom. The van der Waals surface area contributed by atoms with E-state index < -0.39 is 5.79 Å². The molecule has 2 rings (SSSR count). The summed E-state index contributed by atoms with van der Waals surface area (Å²) in [6.45, 7) is 4.75. The highest BCUT2D eigenvalue weighted by atomic mass is 16.8. The summed E-state index contributed by atoms with van der Waals surface area (Å²) < 4.78 is 17.0. The topological polar surface area (TPSA) is 60.0 Å². The summed E-state index contributed by atoms with van der Waals surface area (Å²) in [5, 5.41) is 2.79. The van der Waals surface area contributed by atoms with Crippen molar-refractivity contribution < 1.29 is 19.0 Å². The van der Waals surface area contributed by atoms with E-state index in [4.69, 9.17) is 14.2 Å². The summed E-state index contributed by atoms with van der Waals surface area (Å²) in [7, 11) is 3.40. The van der Waals surface area contributed by atoms with E-state index in [9.17, 15) is 4.79 Å². The molecule has 0 aromatic heterocycles. The number of nitrogens with one attached hydrogen (secondary N) is 1. The molecule has 2 aliphatic rings. The fourth-order valence-corrected chi connectivity index (χ4v) is 2.14. The fraction of sp³-hybridized carbons (Fsp3) is 0.909. The van der Waals surface area contributed by atoms with Gasteiger partial charge in [0.15, 0.2) is 5.79 Å². The van der Waals surface area contributed by atoms with Gasteiger partial charge in [0.05, 0.1) is 6.61 Å². The van der Waals surface area contributed by atoms with Crippen molar-refractivity contribution >= 4 is 6.03 Å². The fourth-order valence-electron chi connectivity index (χ4n) is 2.14. The zero-order valence-corrected chi connectivity index (χ0v) is 10.7. The highest BCUT2D eigenvalue weighted by Gasteiger charge is 2.49. The Morgan fingerprint density at radius 2 is 2.12 bits per heavy atom. The Balaban J connectivity index is 1.85. The molecule has 0 radical (unpaired) electrons. The molecule has 98 valence electrons. The number of hydrogen-bond donors (Lipinski definition) is 1. The number of ether oxygens (including phenoxy) is 3. The van der Waals surface area contributed by atoms with E-state index in [2.05, 4.69) is 5.32 Å². The van der Waals surface area contributed by atoms with Crippen LogP contribution in [0.25, 0.3) is 0 Å². The van der Waals surface area contributed by atoms with E-state index in [0.717, 1.165) is 0 Å².